The van der Waals surface area contributed by atoms with Crippen LogP contribution in [0.4, 0.5) is 163 Å². The molecule has 0 heterocycles. The first-order chi connectivity index (χ1) is 64.4. The van der Waals surface area contributed by atoms with Gasteiger partial charge in [-0.25, -0.2) is 4.79 Å². The second-order valence-electron chi connectivity index (χ2n) is 47.2. The van der Waals surface area contributed by atoms with Gasteiger partial charge in [-0.2, -0.15) is 158 Å². The van der Waals surface area contributed by atoms with Crippen LogP contribution in [0.25, 0.3) is 0 Å². The van der Waals surface area contributed by atoms with E-state index in [-0.39, 0.29) is 121 Å². The Morgan fingerprint density at radius 1 is 0.303 bits per heavy atom. The number of rotatable bonds is 21. The Morgan fingerprint density at radius 3 is 0.910 bits per heavy atom. The van der Waals surface area contributed by atoms with Crippen molar-refractivity contribution < 1.29 is 221 Å². The summed E-state index contributed by atoms with van der Waals surface area (Å²) >= 11 is 0. The van der Waals surface area contributed by atoms with Gasteiger partial charge in [-0.1, -0.05) is 65.8 Å². The van der Waals surface area contributed by atoms with E-state index in [0.29, 0.717) is 51.7 Å². The van der Waals surface area contributed by atoms with Crippen LogP contribution in [0.1, 0.15) is 265 Å². The van der Waals surface area contributed by atoms with Gasteiger partial charge in [0.05, 0.1) is 5.92 Å². The van der Waals surface area contributed by atoms with Crippen molar-refractivity contribution in [3.63, 3.8) is 0 Å². The summed E-state index contributed by atoms with van der Waals surface area (Å²) in [4.78, 5) is 49.8. The number of aliphatic hydroxyl groups is 4. The van der Waals surface area contributed by atoms with Gasteiger partial charge in [-0.15, -0.1) is 0 Å². The number of benzene rings is 1. The molecule has 28 unspecified atom stereocenters. The van der Waals surface area contributed by atoms with Gasteiger partial charge in [0.25, 0.3) is 22.4 Å². The molecule has 49 heteroatoms. The van der Waals surface area contributed by atoms with Crippen molar-refractivity contribution in [1.29, 1.82) is 0 Å². The van der Waals surface area contributed by atoms with Gasteiger partial charge in [-0.3, -0.25) is 14.4 Å². The molecular formula is C96H128F36O13. The molecule has 10 aliphatic carbocycles. The lowest BCUT2D eigenvalue weighted by Crippen LogP contribution is -2.61. The monoisotopic (exact) mass is 2170 g/mol. The first kappa shape index (κ1) is 124. The number of ether oxygens (including phenoxy) is 5. The van der Waals surface area contributed by atoms with Crippen LogP contribution in [0.2, 0.25) is 0 Å². The summed E-state index contributed by atoms with van der Waals surface area (Å²) in [6, 6.07) is 2.27. The van der Waals surface area contributed by atoms with E-state index < -0.39 is 280 Å². The Morgan fingerprint density at radius 2 is 0.607 bits per heavy atom. The number of fused-ring (bicyclic) bond motifs is 10. The predicted octanol–water partition coefficient (Wildman–Crippen LogP) is 28.9. The molecule has 10 saturated carbocycles. The maximum atomic E-state index is 14.2. The predicted molar refractivity (Wildman–Crippen MR) is 444 cm³/mol. The molecule has 1 aromatic carbocycles. The first-order valence-corrected chi connectivity index (χ1v) is 47.8. The number of esters is 3. The maximum absolute atomic E-state index is 14.2. The van der Waals surface area contributed by atoms with E-state index in [1.165, 1.54) is 69.2 Å². The lowest BCUT2D eigenvalue weighted by Gasteiger charge is -2.47. The highest BCUT2D eigenvalue weighted by molar-refractivity contribution is 5.79. The molecule has 4 N–H and O–H groups in total. The third-order valence-corrected chi connectivity index (χ3v) is 33.7. The lowest BCUT2D eigenvalue weighted by molar-refractivity contribution is -0.376. The standard InChI is InChI=1S/C29H38F12O4.C25H36F6O3.C21H29F9O3.C21H25F9O3/c1-12-14-6-16(10-24(43,26(30,31)32)27(33,34)35)19(8-14)21(12)20-13(2)18-9-15(20)7-17(18)11-25(28(36,37)38,29(39,40)41)45-22(42)44-23(3,4)5;1-11-13-6-15(10-23(33,24(26,27)28)25(29,30)31)17(7-13)20(11)19-12(2)16-8-14(19)9-18(16)21(32)34-22(3,4)5;1-10-11-6-12(8-18(32,20(25,26)27)21(28,29)30)13(7-11)14(10)9-17(5,19(22,23)24)15(31)33-16(2,3)4;1-6-12(11-17(5,19(22,23)24)15(31)33-16(2,3)4)13-7-9-14(10-8-13)18(32,20(25,26)27)21(28,29)30/h12-21,43H,6-11H2,1-5H3;11-20,33H,6-10H2,1-5H3;10-14,32H,6-9H2,1-5H3;7-10,12,32H,6,11H2,1-5H3. The number of carbonyl (C=O) groups excluding carboxylic acids is 4. The summed E-state index contributed by atoms with van der Waals surface area (Å²) in [6.07, 6.45) is -76.8. The molecule has 10 aliphatic rings. The largest absolute Gasteiger partial charge is 0.510 e. The highest BCUT2D eigenvalue weighted by atomic mass is 19.5. The van der Waals surface area contributed by atoms with E-state index in [0.717, 1.165) is 18.6 Å². The minimum absolute atomic E-state index is 0.0172. The minimum Gasteiger partial charge on any atom is -0.460 e. The smallest absolute Gasteiger partial charge is 0.460 e. The Labute approximate surface area is 815 Å². The summed E-state index contributed by atoms with van der Waals surface area (Å²) in [6.45, 7) is 29.4. The van der Waals surface area contributed by atoms with Gasteiger partial charge in [0.1, 0.15) is 22.4 Å². The minimum atomic E-state index is -6.09. The SMILES string of the molecule is CC1C2CC(CC(O)(C(F)(F)F)C(F)(F)F)C(C2)C1CC(C)(C(=O)OC(C)(C)C)C(F)(F)F.CC1C2CC(CC2C(=O)OC(C)(C)C)C1C1C(C)C2CC(CC(O)(C(F)(F)F)C(F)(F)F)C1C2.CC1C2CC(CC2CC(OC(=O)OC(C)(C)C)(C(F)(F)F)C(F)(F)F)C1C1C(C)C2CC(CC(O)(C(F)(F)F)C(F)(F)F)C1C2.CCC(CC(C)(C(=O)OC(C)(C)C)C(F)(F)F)c1ccc(C(O)(C(F)(F)F)C(F)(F)F)cc1. The number of hydrogen-bond acceptors (Lipinski definition) is 13. The first-order valence-electron chi connectivity index (χ1n) is 47.8. The summed E-state index contributed by atoms with van der Waals surface area (Å²) < 4.78 is 512. The molecule has 0 radical (unpaired) electrons. The van der Waals surface area contributed by atoms with E-state index in [9.17, 15) is 198 Å². The topological polar surface area (TPSA) is 195 Å². The molecule has 13 nitrogen and oxygen atoms in total. The van der Waals surface area contributed by atoms with Crippen molar-refractivity contribution in [2.24, 2.45) is 159 Å². The van der Waals surface area contributed by atoms with Crippen LogP contribution in [-0.4, -0.2) is 163 Å². The number of carbonyl (C=O) groups is 4. The molecule has 0 spiro atoms. The molecule has 10 bridgehead atoms. The van der Waals surface area contributed by atoms with Crippen LogP contribution in [0.15, 0.2) is 24.3 Å². The van der Waals surface area contributed by atoms with Crippen molar-refractivity contribution in [2.75, 3.05) is 0 Å². The molecule has 1 aromatic rings. The summed E-state index contributed by atoms with van der Waals surface area (Å²) in [5, 5.41) is 38.8. The van der Waals surface area contributed by atoms with Crippen LogP contribution in [0, 0.1) is 159 Å². The van der Waals surface area contributed by atoms with Crippen LogP contribution in [-0.2, 0) is 43.7 Å². The summed E-state index contributed by atoms with van der Waals surface area (Å²) in [7, 11) is 0. The van der Waals surface area contributed by atoms with Crippen molar-refractivity contribution in [3.8, 4) is 0 Å². The van der Waals surface area contributed by atoms with E-state index >= 15 is 0 Å². The molecular weight excluding hydrogens is 2040 g/mol. The van der Waals surface area contributed by atoms with Crippen molar-refractivity contribution >= 4 is 24.1 Å². The number of hydrogen-bond donors (Lipinski definition) is 4. The normalized spacial score (nSPS) is 32.0. The van der Waals surface area contributed by atoms with Gasteiger partial charge in [-0.05, 0) is 353 Å². The Balaban J connectivity index is 0.000000238. The highest BCUT2D eigenvalue weighted by Gasteiger charge is 2.80. The zero-order valence-electron chi connectivity index (χ0n) is 82.9. The summed E-state index contributed by atoms with van der Waals surface area (Å²) in [5.74, 6) is -14.2. The molecule has 0 aliphatic heterocycles. The summed E-state index contributed by atoms with van der Waals surface area (Å²) in [5.41, 5.74) is -36.6. The van der Waals surface area contributed by atoms with Gasteiger partial charge in [0, 0.05) is 12.0 Å². The Bertz CT molecular complexity index is 4510. The van der Waals surface area contributed by atoms with Crippen LogP contribution in [0.3, 0.4) is 0 Å². The average molecular weight is 2170 g/mol. The van der Waals surface area contributed by atoms with Gasteiger partial charge < -0.3 is 44.1 Å². The fourth-order valence-corrected chi connectivity index (χ4v) is 26.6. The van der Waals surface area contributed by atoms with Crippen LogP contribution >= 0.6 is 0 Å². The zero-order valence-corrected chi connectivity index (χ0v) is 82.9. The highest BCUT2D eigenvalue weighted by Crippen LogP contribution is 2.73. The molecule has 0 aromatic heterocycles. The fraction of sp³-hybridized carbons (Fsp3) is 0.896. The molecule has 28 atom stereocenters. The second-order valence-corrected chi connectivity index (χ2v) is 47.2. The molecule has 145 heavy (non-hydrogen) atoms. The van der Waals surface area contributed by atoms with Crippen molar-refractivity contribution in [3.05, 3.63) is 35.4 Å². The Hall–Kier alpha value is -5.78. The third-order valence-electron chi connectivity index (χ3n) is 33.7. The average Bonchev–Trinajstić information content (AvgIpc) is 1.63. The molecule has 0 saturated heterocycles. The van der Waals surface area contributed by atoms with Crippen molar-refractivity contribution in [1.82, 2.24) is 0 Å². The van der Waals surface area contributed by atoms with E-state index in [1.807, 2.05) is 27.7 Å². The number of alkyl halides is 36. The number of halogens is 36. The van der Waals surface area contributed by atoms with Gasteiger partial charge in [0.2, 0.25) is 0 Å². The van der Waals surface area contributed by atoms with Gasteiger partial charge in [0.15, 0.2) is 10.8 Å². The van der Waals surface area contributed by atoms with E-state index in [2.05, 4.69) is 23.3 Å². The molecule has 11 rings (SSSR count). The van der Waals surface area contributed by atoms with E-state index in [4.69, 9.17) is 14.2 Å². The van der Waals surface area contributed by atoms with Crippen molar-refractivity contribution in [2.45, 2.75) is 378 Å². The quantitative estimate of drug-likeness (QED) is 0.0516. The maximum Gasteiger partial charge on any atom is 0.510 e. The molecule has 0 amide bonds. The Kier molecular flexibility index (Phi) is 34.6. The van der Waals surface area contributed by atoms with Gasteiger partial charge >= 0.3 is 104 Å². The zero-order chi connectivity index (χ0) is 112. The van der Waals surface area contributed by atoms with Crippen LogP contribution in [0.5, 0.6) is 0 Å². The lowest BCUT2D eigenvalue weighted by atomic mass is 9.59. The fourth-order valence-electron chi connectivity index (χ4n) is 26.6. The second kappa shape index (κ2) is 40.3. The van der Waals surface area contributed by atoms with Crippen LogP contribution < -0.4 is 0 Å². The van der Waals surface area contributed by atoms with E-state index in [1.54, 1.807) is 13.8 Å². The third kappa shape index (κ3) is 24.6. The molecule has 10 fully saturated rings. The molecule has 842 valence electrons.